The number of alkyl halides is 6. The second-order valence-corrected chi connectivity index (χ2v) is 6.84. The molecule has 0 bridgehead atoms. The van der Waals surface area contributed by atoms with Crippen molar-refractivity contribution < 1.29 is 31.1 Å². The molecule has 0 unspecified atom stereocenters. The lowest BCUT2D eigenvalue weighted by molar-refractivity contribution is -0.186. The van der Waals surface area contributed by atoms with Gasteiger partial charge in [-0.15, -0.1) is 0 Å². The second-order valence-electron chi connectivity index (χ2n) is 6.40. The summed E-state index contributed by atoms with van der Waals surface area (Å²) in [4.78, 5) is 12.0. The predicted octanol–water partition coefficient (Wildman–Crippen LogP) is 4.81. The average molecular weight is 426 g/mol. The Morgan fingerprint density at radius 3 is 2.11 bits per heavy atom. The zero-order chi connectivity index (χ0) is 20.7. The SMILES string of the molecule is O=C(N1CCC(c2cc(C(F)(F)F)nn2-c2ccc(Cl)cc2)CC1)C(F)(F)F. The molecule has 0 N–H and O–H groups in total. The molecule has 1 aromatic heterocycles. The number of piperidine rings is 1. The molecule has 1 aliphatic rings. The van der Waals surface area contributed by atoms with Crippen LogP contribution in [0, 0.1) is 0 Å². The molecule has 1 saturated heterocycles. The van der Waals surface area contributed by atoms with E-state index >= 15 is 0 Å². The summed E-state index contributed by atoms with van der Waals surface area (Å²) in [6, 6.07) is 6.91. The molecule has 4 nitrogen and oxygen atoms in total. The fourth-order valence-corrected chi connectivity index (χ4v) is 3.30. The Balaban J connectivity index is 1.88. The molecule has 1 amide bonds. The zero-order valence-corrected chi connectivity index (χ0v) is 14.9. The van der Waals surface area contributed by atoms with E-state index in [1.54, 1.807) is 0 Å². The Bertz CT molecular complexity index is 851. The largest absolute Gasteiger partial charge is 0.471 e. The highest BCUT2D eigenvalue weighted by Gasteiger charge is 2.44. The van der Waals surface area contributed by atoms with Gasteiger partial charge in [0.05, 0.1) is 5.69 Å². The van der Waals surface area contributed by atoms with Gasteiger partial charge >= 0.3 is 18.3 Å². The number of aromatic nitrogens is 2. The van der Waals surface area contributed by atoms with Crippen LogP contribution < -0.4 is 0 Å². The third kappa shape index (κ3) is 4.26. The van der Waals surface area contributed by atoms with Crippen molar-refractivity contribution in [3.63, 3.8) is 0 Å². The highest BCUT2D eigenvalue weighted by molar-refractivity contribution is 6.30. The van der Waals surface area contributed by atoms with Crippen molar-refractivity contribution in [2.45, 2.75) is 31.1 Å². The molecule has 0 spiro atoms. The number of likely N-dealkylation sites (tertiary alicyclic amines) is 1. The maximum absolute atomic E-state index is 13.2. The molecular weight excluding hydrogens is 412 g/mol. The Morgan fingerprint density at radius 1 is 1.04 bits per heavy atom. The minimum Gasteiger partial charge on any atom is -0.335 e. The minimum atomic E-state index is -4.97. The fraction of sp³-hybridized carbons (Fsp3) is 0.412. The van der Waals surface area contributed by atoms with Crippen LogP contribution in [0.3, 0.4) is 0 Å². The maximum atomic E-state index is 13.2. The molecule has 0 saturated carbocycles. The highest BCUT2D eigenvalue weighted by atomic mass is 35.5. The summed E-state index contributed by atoms with van der Waals surface area (Å²) < 4.78 is 78.3. The lowest BCUT2D eigenvalue weighted by Crippen LogP contribution is -2.45. The van der Waals surface area contributed by atoms with E-state index < -0.39 is 29.9 Å². The van der Waals surface area contributed by atoms with E-state index in [-0.39, 0.29) is 31.6 Å². The first-order valence-electron chi connectivity index (χ1n) is 8.26. The van der Waals surface area contributed by atoms with E-state index in [1.165, 1.54) is 24.3 Å². The van der Waals surface area contributed by atoms with Crippen molar-refractivity contribution in [1.82, 2.24) is 14.7 Å². The fourth-order valence-electron chi connectivity index (χ4n) is 3.17. The van der Waals surface area contributed by atoms with Crippen LogP contribution in [0.15, 0.2) is 30.3 Å². The third-order valence-corrected chi connectivity index (χ3v) is 4.79. The van der Waals surface area contributed by atoms with Gasteiger partial charge in [0.2, 0.25) is 0 Å². The standard InChI is InChI=1S/C17H14ClF6N3O/c18-11-1-3-12(4-2-11)27-13(9-14(25-27)16(19,20)21)10-5-7-26(8-6-10)15(28)17(22,23)24/h1-4,9-10H,5-8H2. The first kappa shape index (κ1) is 20.5. The molecule has 1 aliphatic heterocycles. The number of carbonyl (C=O) groups excluding carboxylic acids is 1. The van der Waals surface area contributed by atoms with Crippen molar-refractivity contribution in [3.05, 3.63) is 46.7 Å². The smallest absolute Gasteiger partial charge is 0.335 e. The first-order chi connectivity index (χ1) is 13.0. The van der Waals surface area contributed by atoms with Gasteiger partial charge in [-0.3, -0.25) is 4.79 Å². The number of rotatable bonds is 2. The number of nitrogens with zero attached hydrogens (tertiary/aromatic N) is 3. The Kier molecular flexibility index (Phi) is 5.35. The lowest BCUT2D eigenvalue weighted by atomic mass is 9.93. The van der Waals surface area contributed by atoms with Crippen molar-refractivity contribution in [3.8, 4) is 5.69 Å². The van der Waals surface area contributed by atoms with Crippen LogP contribution in [0.4, 0.5) is 26.3 Å². The maximum Gasteiger partial charge on any atom is 0.471 e. The molecule has 28 heavy (non-hydrogen) atoms. The molecule has 2 aromatic rings. The van der Waals surface area contributed by atoms with Gasteiger partial charge < -0.3 is 4.90 Å². The number of amides is 1. The topological polar surface area (TPSA) is 38.1 Å². The highest BCUT2D eigenvalue weighted by Crippen LogP contribution is 2.36. The van der Waals surface area contributed by atoms with Crippen LogP contribution in [0.1, 0.15) is 30.1 Å². The van der Waals surface area contributed by atoms with Crippen LogP contribution in [0.25, 0.3) is 5.69 Å². The van der Waals surface area contributed by atoms with Crippen LogP contribution in [-0.2, 0) is 11.0 Å². The molecule has 2 heterocycles. The van der Waals surface area contributed by atoms with Gasteiger partial charge in [0.25, 0.3) is 0 Å². The van der Waals surface area contributed by atoms with E-state index in [2.05, 4.69) is 5.10 Å². The molecule has 3 rings (SSSR count). The number of halogens is 7. The molecule has 1 aromatic carbocycles. The summed E-state index contributed by atoms with van der Waals surface area (Å²) in [5.74, 6) is -2.41. The number of hydrogen-bond donors (Lipinski definition) is 0. The lowest BCUT2D eigenvalue weighted by Gasteiger charge is -2.32. The summed E-state index contributed by atoms with van der Waals surface area (Å²) in [7, 11) is 0. The van der Waals surface area contributed by atoms with E-state index in [0.717, 1.165) is 10.7 Å². The summed E-state index contributed by atoms with van der Waals surface area (Å²) >= 11 is 5.81. The summed E-state index contributed by atoms with van der Waals surface area (Å²) in [5, 5.41) is 4.03. The normalized spacial score (nSPS) is 16.5. The van der Waals surface area contributed by atoms with E-state index in [9.17, 15) is 31.1 Å². The van der Waals surface area contributed by atoms with Gasteiger partial charge in [0.15, 0.2) is 5.69 Å². The monoisotopic (exact) mass is 425 g/mol. The van der Waals surface area contributed by atoms with Crippen molar-refractivity contribution in [1.29, 1.82) is 0 Å². The molecule has 0 aliphatic carbocycles. The van der Waals surface area contributed by atoms with E-state index in [0.29, 0.717) is 15.6 Å². The molecule has 11 heteroatoms. The van der Waals surface area contributed by atoms with Crippen LogP contribution in [0.2, 0.25) is 5.02 Å². The van der Waals surface area contributed by atoms with Crippen molar-refractivity contribution in [2.24, 2.45) is 0 Å². The number of carbonyl (C=O) groups is 1. The van der Waals surface area contributed by atoms with Gasteiger partial charge in [-0.2, -0.15) is 31.4 Å². The Morgan fingerprint density at radius 2 is 1.61 bits per heavy atom. The predicted molar refractivity (Wildman–Crippen MR) is 88.2 cm³/mol. The molecule has 0 atom stereocenters. The number of benzene rings is 1. The van der Waals surface area contributed by atoms with Crippen LogP contribution >= 0.6 is 11.6 Å². The van der Waals surface area contributed by atoms with Crippen LogP contribution in [-0.4, -0.2) is 39.9 Å². The molecule has 0 radical (unpaired) electrons. The Hall–Kier alpha value is -2.23. The first-order valence-corrected chi connectivity index (χ1v) is 8.64. The van der Waals surface area contributed by atoms with E-state index in [1.807, 2.05) is 0 Å². The van der Waals surface area contributed by atoms with Gasteiger partial charge in [0, 0.05) is 29.7 Å². The molecular formula is C17H14ClF6N3O. The van der Waals surface area contributed by atoms with Gasteiger partial charge in [-0.05, 0) is 43.2 Å². The summed E-state index contributed by atoms with van der Waals surface area (Å²) in [6.07, 6.45) is -9.45. The number of hydrogen-bond acceptors (Lipinski definition) is 2. The summed E-state index contributed by atoms with van der Waals surface area (Å²) in [6.45, 7) is -0.397. The van der Waals surface area contributed by atoms with E-state index in [4.69, 9.17) is 11.6 Å². The van der Waals surface area contributed by atoms with Crippen molar-refractivity contribution in [2.75, 3.05) is 13.1 Å². The zero-order valence-electron chi connectivity index (χ0n) is 14.2. The third-order valence-electron chi connectivity index (χ3n) is 4.54. The van der Waals surface area contributed by atoms with Gasteiger partial charge in [-0.25, -0.2) is 4.68 Å². The minimum absolute atomic E-state index is 0.0956. The quantitative estimate of drug-likeness (QED) is 0.647. The Labute approximate surface area is 160 Å². The second kappa shape index (κ2) is 7.31. The average Bonchev–Trinajstić information content (AvgIpc) is 3.07. The van der Waals surface area contributed by atoms with Gasteiger partial charge in [0.1, 0.15) is 0 Å². The molecule has 152 valence electrons. The molecule has 1 fully saturated rings. The summed E-state index contributed by atoms with van der Waals surface area (Å²) in [5.41, 5.74) is -0.510. The van der Waals surface area contributed by atoms with Crippen LogP contribution in [0.5, 0.6) is 0 Å². The van der Waals surface area contributed by atoms with Gasteiger partial charge in [-0.1, -0.05) is 11.6 Å². The van der Waals surface area contributed by atoms with Crippen molar-refractivity contribution >= 4 is 17.5 Å².